The maximum Gasteiger partial charge on any atom is 0.418 e. The molecule has 0 bridgehead atoms. The summed E-state index contributed by atoms with van der Waals surface area (Å²) in [6.45, 7) is -0.0463. The normalized spacial score (nSPS) is 17.8. The molecule has 2 aromatic carbocycles. The number of halogens is 5. The lowest BCUT2D eigenvalue weighted by atomic mass is 9.98. The van der Waals surface area contributed by atoms with Gasteiger partial charge in [-0.05, 0) is 49.2 Å². The van der Waals surface area contributed by atoms with Gasteiger partial charge in [-0.15, -0.1) is 0 Å². The number of alkyl halides is 3. The Morgan fingerprint density at radius 3 is 2.47 bits per heavy atom. The molecule has 0 spiro atoms. The Morgan fingerprint density at radius 1 is 1.16 bits per heavy atom. The number of benzene rings is 2. The summed E-state index contributed by atoms with van der Waals surface area (Å²) in [7, 11) is -2.74. The minimum absolute atomic E-state index is 0.0944. The van der Waals surface area contributed by atoms with Gasteiger partial charge >= 0.3 is 6.18 Å². The van der Waals surface area contributed by atoms with E-state index in [1.54, 1.807) is 0 Å². The fourth-order valence-corrected chi connectivity index (χ4v) is 5.57. The minimum Gasteiger partial charge on any atom is -0.495 e. The van der Waals surface area contributed by atoms with E-state index in [9.17, 15) is 26.4 Å². The van der Waals surface area contributed by atoms with Crippen molar-refractivity contribution in [3.8, 4) is 5.75 Å². The smallest absolute Gasteiger partial charge is 0.418 e. The Balaban J connectivity index is 1.83. The van der Waals surface area contributed by atoms with Gasteiger partial charge in [0.05, 0.1) is 24.3 Å². The number of sulfonamides is 1. The number of hydrogen-bond acceptors (Lipinski definition) is 4. The molecule has 3 rings (SSSR count). The van der Waals surface area contributed by atoms with Crippen LogP contribution in [0.5, 0.6) is 5.75 Å². The van der Waals surface area contributed by atoms with Crippen molar-refractivity contribution in [2.24, 2.45) is 5.92 Å². The first-order valence-electron chi connectivity index (χ1n) is 9.45. The number of amides is 1. The molecule has 1 N–H and O–H groups in total. The fourth-order valence-electron chi connectivity index (χ4n) is 3.46. The van der Waals surface area contributed by atoms with E-state index in [0.717, 1.165) is 16.4 Å². The molecule has 32 heavy (non-hydrogen) atoms. The third kappa shape index (κ3) is 5.31. The number of piperidine rings is 1. The first-order chi connectivity index (χ1) is 14.9. The quantitative estimate of drug-likeness (QED) is 0.609. The standard InChI is InChI=1S/C20H19Cl2F3N2O4S/c1-31-17-7-5-14(22)10-18(17)32(29,30)27-8-2-3-12(11-27)19(28)26-16-6-4-13(21)9-15(16)20(23,24)25/h4-7,9-10,12H,2-3,8,11H2,1H3,(H,26,28)/t12-/m1/s1. The molecule has 1 aliphatic heterocycles. The Bertz CT molecular complexity index is 1130. The molecule has 1 atom stereocenters. The van der Waals surface area contributed by atoms with Crippen molar-refractivity contribution < 1.29 is 31.1 Å². The third-order valence-corrected chi connectivity index (χ3v) is 7.40. The maximum absolute atomic E-state index is 13.3. The van der Waals surface area contributed by atoms with Gasteiger partial charge < -0.3 is 10.1 Å². The van der Waals surface area contributed by atoms with E-state index < -0.39 is 39.3 Å². The van der Waals surface area contributed by atoms with E-state index in [-0.39, 0.29) is 33.8 Å². The van der Waals surface area contributed by atoms with Crippen molar-refractivity contribution in [2.75, 3.05) is 25.5 Å². The second-order valence-electron chi connectivity index (χ2n) is 7.17. The molecule has 12 heteroatoms. The molecular formula is C20H19Cl2F3N2O4S. The van der Waals surface area contributed by atoms with E-state index in [1.165, 1.54) is 31.4 Å². The summed E-state index contributed by atoms with van der Waals surface area (Å²) in [5.41, 5.74) is -1.52. The van der Waals surface area contributed by atoms with E-state index in [0.29, 0.717) is 12.8 Å². The summed E-state index contributed by atoms with van der Waals surface area (Å²) in [5.74, 6) is -1.46. The van der Waals surface area contributed by atoms with E-state index in [1.807, 2.05) is 0 Å². The minimum atomic E-state index is -4.72. The average molecular weight is 511 g/mol. The van der Waals surface area contributed by atoms with Crippen LogP contribution >= 0.6 is 23.2 Å². The van der Waals surface area contributed by atoms with Crippen molar-refractivity contribution in [1.29, 1.82) is 0 Å². The predicted octanol–water partition coefficient (Wildman–Crippen LogP) is 5.06. The summed E-state index contributed by atoms with van der Waals surface area (Å²) in [4.78, 5) is 12.6. The van der Waals surface area contributed by atoms with Crippen molar-refractivity contribution >= 4 is 44.8 Å². The maximum atomic E-state index is 13.3. The van der Waals surface area contributed by atoms with Gasteiger partial charge in [0.15, 0.2) is 0 Å². The number of nitrogens with zero attached hydrogens (tertiary/aromatic N) is 1. The number of methoxy groups -OCH3 is 1. The van der Waals surface area contributed by atoms with E-state index in [4.69, 9.17) is 27.9 Å². The lowest BCUT2D eigenvalue weighted by Gasteiger charge is -2.31. The highest BCUT2D eigenvalue weighted by molar-refractivity contribution is 7.89. The number of anilines is 1. The monoisotopic (exact) mass is 510 g/mol. The van der Waals surface area contributed by atoms with Gasteiger partial charge in [-0.1, -0.05) is 23.2 Å². The molecule has 1 heterocycles. The molecular weight excluding hydrogens is 492 g/mol. The largest absolute Gasteiger partial charge is 0.495 e. The summed E-state index contributed by atoms with van der Waals surface area (Å²) in [5, 5.41) is 2.34. The van der Waals surface area contributed by atoms with Crippen molar-refractivity contribution in [3.05, 3.63) is 52.0 Å². The van der Waals surface area contributed by atoms with Crippen LogP contribution in [0.25, 0.3) is 0 Å². The topological polar surface area (TPSA) is 75.7 Å². The van der Waals surface area contributed by atoms with Gasteiger partial charge in [-0.3, -0.25) is 4.79 Å². The molecule has 0 radical (unpaired) electrons. The molecule has 1 aliphatic rings. The van der Waals surface area contributed by atoms with E-state index in [2.05, 4.69) is 5.32 Å². The van der Waals surface area contributed by atoms with Crippen LogP contribution < -0.4 is 10.1 Å². The first-order valence-corrected chi connectivity index (χ1v) is 11.6. The summed E-state index contributed by atoms with van der Waals surface area (Å²) < 4.78 is 72.5. The first kappa shape index (κ1) is 24.6. The highest BCUT2D eigenvalue weighted by Crippen LogP contribution is 2.37. The van der Waals surface area contributed by atoms with Crippen molar-refractivity contribution in [3.63, 3.8) is 0 Å². The number of carbonyl (C=O) groups excluding carboxylic acids is 1. The molecule has 0 saturated carbocycles. The van der Waals surface area contributed by atoms with Crippen LogP contribution in [0.2, 0.25) is 10.0 Å². The van der Waals surface area contributed by atoms with Crippen LogP contribution in [0.3, 0.4) is 0 Å². The molecule has 1 fully saturated rings. The van der Waals surface area contributed by atoms with Crippen LogP contribution in [0, 0.1) is 5.92 Å². The van der Waals surface area contributed by atoms with Gasteiger partial charge in [-0.25, -0.2) is 8.42 Å². The number of nitrogens with one attached hydrogen (secondary N) is 1. The van der Waals surface area contributed by atoms with Crippen LogP contribution in [0.1, 0.15) is 18.4 Å². The highest BCUT2D eigenvalue weighted by Gasteiger charge is 2.37. The molecule has 2 aromatic rings. The molecule has 0 aliphatic carbocycles. The lowest BCUT2D eigenvalue weighted by molar-refractivity contribution is -0.137. The second-order valence-corrected chi connectivity index (χ2v) is 9.95. The Kier molecular flexibility index (Phi) is 7.28. The Hall–Kier alpha value is -2.01. The average Bonchev–Trinajstić information content (AvgIpc) is 2.74. The third-order valence-electron chi connectivity index (χ3n) is 5.04. The van der Waals surface area contributed by atoms with Crippen LogP contribution in [-0.4, -0.2) is 38.8 Å². The SMILES string of the molecule is COc1ccc(Cl)cc1S(=O)(=O)N1CCC[C@@H](C(=O)Nc2ccc(Cl)cc2C(F)(F)F)C1. The molecule has 0 unspecified atom stereocenters. The van der Waals surface area contributed by atoms with Gasteiger partial charge in [0.2, 0.25) is 15.9 Å². The van der Waals surface area contributed by atoms with Gasteiger partial charge in [0, 0.05) is 23.1 Å². The molecule has 174 valence electrons. The highest BCUT2D eigenvalue weighted by atomic mass is 35.5. The molecule has 1 saturated heterocycles. The number of rotatable bonds is 5. The Labute approximate surface area is 193 Å². The fraction of sp³-hybridized carbons (Fsp3) is 0.350. The zero-order valence-electron chi connectivity index (χ0n) is 16.7. The summed E-state index contributed by atoms with van der Waals surface area (Å²) in [6.07, 6.45) is -4.05. The van der Waals surface area contributed by atoms with Crippen LogP contribution in [-0.2, 0) is 21.0 Å². The molecule has 1 amide bonds. The number of ether oxygens (including phenoxy) is 1. The molecule has 0 aromatic heterocycles. The predicted molar refractivity (Wildman–Crippen MR) is 115 cm³/mol. The van der Waals surface area contributed by atoms with Gasteiger partial charge in [0.1, 0.15) is 10.6 Å². The second kappa shape index (κ2) is 9.46. The zero-order chi connectivity index (χ0) is 23.7. The van der Waals surface area contributed by atoms with Crippen molar-refractivity contribution in [1.82, 2.24) is 4.31 Å². The summed E-state index contributed by atoms with van der Waals surface area (Å²) >= 11 is 11.6. The summed E-state index contributed by atoms with van der Waals surface area (Å²) in [6, 6.07) is 7.18. The number of carbonyl (C=O) groups is 1. The Morgan fingerprint density at radius 2 is 1.81 bits per heavy atom. The van der Waals surface area contributed by atoms with Crippen LogP contribution in [0.15, 0.2) is 41.3 Å². The van der Waals surface area contributed by atoms with Gasteiger partial charge in [0.25, 0.3) is 0 Å². The zero-order valence-corrected chi connectivity index (χ0v) is 19.1. The van der Waals surface area contributed by atoms with Crippen LogP contribution in [0.4, 0.5) is 18.9 Å². The van der Waals surface area contributed by atoms with Gasteiger partial charge in [-0.2, -0.15) is 17.5 Å². The van der Waals surface area contributed by atoms with E-state index >= 15 is 0 Å². The molecule has 6 nitrogen and oxygen atoms in total. The lowest BCUT2D eigenvalue weighted by Crippen LogP contribution is -2.43. The number of hydrogen-bond donors (Lipinski definition) is 1. The van der Waals surface area contributed by atoms with Crippen molar-refractivity contribution in [2.45, 2.75) is 23.9 Å².